The van der Waals surface area contributed by atoms with Crippen LogP contribution in [0.4, 0.5) is 0 Å². The highest BCUT2D eigenvalue weighted by Gasteiger charge is 2.20. The summed E-state index contributed by atoms with van der Waals surface area (Å²) < 4.78 is 0. The van der Waals surface area contributed by atoms with Crippen molar-refractivity contribution in [2.24, 2.45) is 5.73 Å². The number of nitrogens with one attached hydrogen (secondary N) is 1. The fourth-order valence-electron chi connectivity index (χ4n) is 3.49. The van der Waals surface area contributed by atoms with E-state index in [1.165, 1.54) is 89.9 Å². The Kier molecular flexibility index (Phi) is 13.5. The van der Waals surface area contributed by atoms with Crippen LogP contribution in [0.15, 0.2) is 24.6 Å². The fourth-order valence-corrected chi connectivity index (χ4v) is 3.49. The molecule has 2 unspecified atom stereocenters. The molecule has 3 N–H and O–H groups in total. The first kappa shape index (κ1) is 22.1. The molecule has 0 aromatic rings. The molecule has 0 aliphatic carbocycles. The van der Waals surface area contributed by atoms with Crippen LogP contribution in [0, 0.1) is 0 Å². The number of unbranched alkanes of at least 4 members (excludes halogenated alkanes) is 11. The third-order valence-electron chi connectivity index (χ3n) is 5.10. The van der Waals surface area contributed by atoms with E-state index < -0.39 is 0 Å². The summed E-state index contributed by atoms with van der Waals surface area (Å²) in [5, 5.41) is 3.39. The highest BCUT2D eigenvalue weighted by Crippen LogP contribution is 2.15. The molecule has 1 aliphatic heterocycles. The minimum Gasteiger partial charge on any atom is -0.370 e. The molecule has 0 aromatic carbocycles. The van der Waals surface area contributed by atoms with Crippen LogP contribution in [-0.2, 0) is 0 Å². The van der Waals surface area contributed by atoms with E-state index in [0.717, 1.165) is 0 Å². The van der Waals surface area contributed by atoms with Crippen molar-refractivity contribution in [1.29, 1.82) is 0 Å². The monoisotopic (exact) mass is 349 g/mol. The Hall–Kier alpha value is -0.960. The van der Waals surface area contributed by atoms with Gasteiger partial charge < -0.3 is 16.0 Å². The van der Waals surface area contributed by atoms with Crippen LogP contribution < -0.4 is 11.1 Å². The van der Waals surface area contributed by atoms with Gasteiger partial charge in [-0.15, -0.1) is 0 Å². The Morgan fingerprint density at radius 3 is 2.08 bits per heavy atom. The largest absolute Gasteiger partial charge is 0.370 e. The van der Waals surface area contributed by atoms with Gasteiger partial charge in [-0.25, -0.2) is 0 Å². The van der Waals surface area contributed by atoms with Crippen molar-refractivity contribution >= 4 is 0 Å². The average Bonchev–Trinajstić information content (AvgIpc) is 3.07. The number of rotatable bonds is 16. The lowest BCUT2D eigenvalue weighted by molar-refractivity contribution is 0.208. The van der Waals surface area contributed by atoms with Crippen LogP contribution in [0.3, 0.4) is 0 Å². The van der Waals surface area contributed by atoms with Gasteiger partial charge in [0.1, 0.15) is 0 Å². The van der Waals surface area contributed by atoms with Gasteiger partial charge in [0.05, 0.1) is 12.3 Å². The van der Waals surface area contributed by atoms with Gasteiger partial charge >= 0.3 is 0 Å². The molecule has 0 fully saturated rings. The quantitative estimate of drug-likeness (QED) is 0.264. The maximum Gasteiger partial charge on any atom is 0.0995 e. The highest BCUT2D eigenvalue weighted by molar-refractivity contribution is 4.95. The van der Waals surface area contributed by atoms with Crippen molar-refractivity contribution in [3.63, 3.8) is 0 Å². The number of hydrogen-bond donors (Lipinski definition) is 2. The molecule has 0 amide bonds. The molecule has 0 spiro atoms. The van der Waals surface area contributed by atoms with Gasteiger partial charge in [-0.1, -0.05) is 70.4 Å². The van der Waals surface area contributed by atoms with Crippen LogP contribution in [0.1, 0.15) is 104 Å². The summed E-state index contributed by atoms with van der Waals surface area (Å²) in [7, 11) is 0. The molecule has 0 saturated carbocycles. The second-order valence-electron chi connectivity index (χ2n) is 7.56. The van der Waals surface area contributed by atoms with Crippen LogP contribution >= 0.6 is 0 Å². The normalized spacial score (nSPS) is 18.2. The molecule has 1 rings (SSSR count). The zero-order valence-electron chi connectivity index (χ0n) is 16.9. The van der Waals surface area contributed by atoms with Gasteiger partial charge in [0.25, 0.3) is 0 Å². The third-order valence-corrected chi connectivity index (χ3v) is 5.10. The second-order valence-corrected chi connectivity index (χ2v) is 7.56. The molecule has 0 aromatic heterocycles. The summed E-state index contributed by atoms with van der Waals surface area (Å²) in [5.41, 5.74) is 5.97. The molecule has 1 aliphatic rings. The summed E-state index contributed by atoms with van der Waals surface area (Å²) in [6.07, 6.45) is 28.3. The van der Waals surface area contributed by atoms with Crippen molar-refractivity contribution in [3.8, 4) is 0 Å². The number of nitrogens with zero attached hydrogens (tertiary/aromatic N) is 1. The maximum absolute atomic E-state index is 5.97. The Labute approximate surface area is 157 Å². The van der Waals surface area contributed by atoms with Gasteiger partial charge in [0.15, 0.2) is 0 Å². The lowest BCUT2D eigenvalue weighted by Gasteiger charge is -2.28. The lowest BCUT2D eigenvalue weighted by atomic mass is 10.1. The molecule has 3 heteroatoms. The van der Waals surface area contributed by atoms with Gasteiger partial charge in [-0.3, -0.25) is 0 Å². The van der Waals surface area contributed by atoms with E-state index in [0.29, 0.717) is 6.17 Å². The SMILES string of the molecule is CCCCCCCC/C=C/CCCCCCCC1NC=CN1C(C)N. The van der Waals surface area contributed by atoms with Crippen LogP contribution in [-0.4, -0.2) is 17.2 Å². The highest BCUT2D eigenvalue weighted by atomic mass is 15.3. The van der Waals surface area contributed by atoms with E-state index in [9.17, 15) is 0 Å². The first-order chi connectivity index (χ1) is 12.3. The minimum atomic E-state index is 0.0966. The Balaban J connectivity index is 1.82. The Morgan fingerprint density at radius 1 is 0.920 bits per heavy atom. The van der Waals surface area contributed by atoms with Crippen molar-refractivity contribution in [3.05, 3.63) is 24.6 Å². The minimum absolute atomic E-state index is 0.0966. The molecule has 0 radical (unpaired) electrons. The van der Waals surface area contributed by atoms with E-state index in [1.54, 1.807) is 0 Å². The van der Waals surface area contributed by atoms with E-state index in [4.69, 9.17) is 5.73 Å². The van der Waals surface area contributed by atoms with E-state index in [-0.39, 0.29) is 6.17 Å². The van der Waals surface area contributed by atoms with Crippen molar-refractivity contribution < 1.29 is 0 Å². The number of hydrogen-bond acceptors (Lipinski definition) is 3. The summed E-state index contributed by atoms with van der Waals surface area (Å²) >= 11 is 0. The molecule has 1 heterocycles. The van der Waals surface area contributed by atoms with Gasteiger partial charge in [0, 0.05) is 12.4 Å². The summed E-state index contributed by atoms with van der Waals surface area (Å²) in [4.78, 5) is 2.22. The molecule has 0 bridgehead atoms. The first-order valence-corrected chi connectivity index (χ1v) is 10.9. The molecule has 2 atom stereocenters. The molecule has 0 saturated heterocycles. The predicted molar refractivity (Wildman–Crippen MR) is 111 cm³/mol. The zero-order valence-corrected chi connectivity index (χ0v) is 16.9. The number of allylic oxidation sites excluding steroid dienone is 2. The maximum atomic E-state index is 5.97. The van der Waals surface area contributed by atoms with Crippen molar-refractivity contribution in [2.75, 3.05) is 0 Å². The Bertz CT molecular complexity index is 349. The molecule has 25 heavy (non-hydrogen) atoms. The molecule has 3 nitrogen and oxygen atoms in total. The molecular weight excluding hydrogens is 306 g/mol. The van der Waals surface area contributed by atoms with Crippen molar-refractivity contribution in [2.45, 2.75) is 116 Å². The predicted octanol–water partition coefficient (Wildman–Crippen LogP) is 6.03. The molecular formula is C22H43N3. The van der Waals surface area contributed by atoms with E-state index in [2.05, 4.69) is 35.5 Å². The topological polar surface area (TPSA) is 41.3 Å². The lowest BCUT2D eigenvalue weighted by Crippen LogP contribution is -2.44. The summed E-state index contributed by atoms with van der Waals surface area (Å²) in [6.45, 7) is 4.33. The van der Waals surface area contributed by atoms with E-state index >= 15 is 0 Å². The van der Waals surface area contributed by atoms with Crippen LogP contribution in [0.5, 0.6) is 0 Å². The smallest absolute Gasteiger partial charge is 0.0995 e. The summed E-state index contributed by atoms with van der Waals surface area (Å²) in [6, 6.07) is 0. The van der Waals surface area contributed by atoms with Crippen molar-refractivity contribution in [1.82, 2.24) is 10.2 Å². The zero-order chi connectivity index (χ0) is 18.2. The summed E-state index contributed by atoms with van der Waals surface area (Å²) in [5.74, 6) is 0. The van der Waals surface area contributed by atoms with E-state index in [1.807, 2.05) is 13.1 Å². The first-order valence-electron chi connectivity index (χ1n) is 10.9. The molecule has 146 valence electrons. The van der Waals surface area contributed by atoms with Gasteiger partial charge in [0.2, 0.25) is 0 Å². The number of nitrogens with two attached hydrogens (primary N) is 1. The Morgan fingerprint density at radius 2 is 1.48 bits per heavy atom. The van der Waals surface area contributed by atoms with Crippen LogP contribution in [0.2, 0.25) is 0 Å². The van der Waals surface area contributed by atoms with Crippen LogP contribution in [0.25, 0.3) is 0 Å². The van der Waals surface area contributed by atoms with Gasteiger partial charge in [-0.05, 0) is 45.4 Å². The third kappa shape index (κ3) is 11.3. The fraction of sp³-hybridized carbons (Fsp3) is 0.818. The van der Waals surface area contributed by atoms with Gasteiger partial charge in [-0.2, -0.15) is 0 Å². The second kappa shape index (κ2) is 15.3. The standard InChI is InChI=1S/C22H43N3/c1-3-4-5-6-7-8-9-10-11-12-13-14-15-16-17-18-22-24-19-20-25(22)21(2)23/h10-11,19-22,24H,3-9,12-18,23H2,1-2H3/b11-10+. The average molecular weight is 350 g/mol.